The largest absolute Gasteiger partial charge is 0.353 e. The SMILES string of the molecule is Cn1cccc1C(CNS(=O)(=O)c1ccc2c(c1)CCCC2)N1CCCCCC1. The predicted octanol–water partition coefficient (Wildman–Crippen LogP) is 3.80. The van der Waals surface area contributed by atoms with Gasteiger partial charge < -0.3 is 4.57 Å². The highest BCUT2D eigenvalue weighted by Gasteiger charge is 2.26. The number of hydrogen-bond donors (Lipinski definition) is 1. The monoisotopic (exact) mass is 415 g/mol. The lowest BCUT2D eigenvalue weighted by molar-refractivity contribution is 0.199. The molecule has 2 heterocycles. The second-order valence-corrected chi connectivity index (χ2v) is 10.3. The van der Waals surface area contributed by atoms with Gasteiger partial charge in [0.05, 0.1) is 10.9 Å². The molecule has 1 aromatic heterocycles. The average Bonchev–Trinajstić information content (AvgIpc) is 2.98. The minimum atomic E-state index is -3.53. The summed E-state index contributed by atoms with van der Waals surface area (Å²) >= 11 is 0. The fourth-order valence-corrected chi connectivity index (χ4v) is 5.89. The van der Waals surface area contributed by atoms with Gasteiger partial charge in [-0.15, -0.1) is 0 Å². The number of benzene rings is 1. The third-order valence-corrected chi connectivity index (χ3v) is 7.92. The molecule has 2 aliphatic rings. The van der Waals surface area contributed by atoms with Gasteiger partial charge in [0.2, 0.25) is 10.0 Å². The van der Waals surface area contributed by atoms with E-state index in [0.717, 1.165) is 32.4 Å². The Morgan fingerprint density at radius 3 is 2.38 bits per heavy atom. The maximum absolute atomic E-state index is 13.1. The Morgan fingerprint density at radius 2 is 1.69 bits per heavy atom. The molecule has 0 saturated carbocycles. The van der Waals surface area contributed by atoms with Crippen molar-refractivity contribution in [3.8, 4) is 0 Å². The van der Waals surface area contributed by atoms with Crippen LogP contribution in [0.3, 0.4) is 0 Å². The Morgan fingerprint density at radius 1 is 0.966 bits per heavy atom. The van der Waals surface area contributed by atoms with Crippen molar-refractivity contribution in [2.24, 2.45) is 7.05 Å². The van der Waals surface area contributed by atoms with E-state index in [1.807, 2.05) is 31.4 Å². The number of rotatable bonds is 6. The quantitative estimate of drug-likeness (QED) is 0.781. The van der Waals surface area contributed by atoms with Crippen LogP contribution in [0.15, 0.2) is 41.4 Å². The number of aryl methyl sites for hydroxylation is 3. The van der Waals surface area contributed by atoms with Gasteiger partial charge in [0, 0.05) is 25.5 Å². The average molecular weight is 416 g/mol. The molecule has 2 aromatic rings. The van der Waals surface area contributed by atoms with E-state index in [1.165, 1.54) is 48.9 Å². The van der Waals surface area contributed by atoms with E-state index in [0.29, 0.717) is 11.4 Å². The molecule has 5 nitrogen and oxygen atoms in total. The second kappa shape index (κ2) is 9.02. The molecular formula is C23H33N3O2S. The molecule has 1 aromatic carbocycles. The molecule has 1 fully saturated rings. The van der Waals surface area contributed by atoms with Gasteiger partial charge in [0.1, 0.15) is 0 Å². The molecule has 1 aliphatic heterocycles. The standard InChI is InChI=1S/C23H33N3O2S/c1-25-14-8-11-22(25)23(26-15-6-2-3-7-16-26)18-24-29(27,28)21-13-12-19-9-4-5-10-20(19)17-21/h8,11-14,17,23-24H,2-7,9-10,15-16,18H2,1H3. The molecule has 0 bridgehead atoms. The van der Waals surface area contributed by atoms with Crippen molar-refractivity contribution in [2.45, 2.75) is 62.3 Å². The van der Waals surface area contributed by atoms with Gasteiger partial charge >= 0.3 is 0 Å². The van der Waals surface area contributed by atoms with E-state index in [1.54, 1.807) is 6.07 Å². The lowest BCUT2D eigenvalue weighted by Crippen LogP contribution is -2.39. The molecule has 1 aliphatic carbocycles. The first kappa shape index (κ1) is 20.6. The maximum atomic E-state index is 13.1. The molecule has 0 radical (unpaired) electrons. The summed E-state index contributed by atoms with van der Waals surface area (Å²) in [7, 11) is -1.49. The van der Waals surface area contributed by atoms with Gasteiger partial charge in [-0.2, -0.15) is 0 Å². The number of hydrogen-bond acceptors (Lipinski definition) is 3. The Balaban J connectivity index is 1.54. The Hall–Kier alpha value is -1.63. The molecule has 0 amide bonds. The Kier molecular flexibility index (Phi) is 6.42. The van der Waals surface area contributed by atoms with Crippen molar-refractivity contribution in [1.82, 2.24) is 14.2 Å². The maximum Gasteiger partial charge on any atom is 0.240 e. The number of sulfonamides is 1. The van der Waals surface area contributed by atoms with Crippen molar-refractivity contribution < 1.29 is 8.42 Å². The zero-order valence-corrected chi connectivity index (χ0v) is 18.3. The summed E-state index contributed by atoms with van der Waals surface area (Å²) in [4.78, 5) is 2.86. The van der Waals surface area contributed by atoms with E-state index in [2.05, 4.69) is 20.3 Å². The topological polar surface area (TPSA) is 54.3 Å². The van der Waals surface area contributed by atoms with E-state index >= 15 is 0 Å². The fraction of sp³-hybridized carbons (Fsp3) is 0.565. The van der Waals surface area contributed by atoms with Crippen LogP contribution in [0.2, 0.25) is 0 Å². The summed E-state index contributed by atoms with van der Waals surface area (Å²) in [5, 5.41) is 0. The van der Waals surface area contributed by atoms with E-state index < -0.39 is 10.0 Å². The predicted molar refractivity (Wildman–Crippen MR) is 116 cm³/mol. The third-order valence-electron chi connectivity index (χ3n) is 6.50. The molecule has 1 atom stereocenters. The summed E-state index contributed by atoms with van der Waals surface area (Å²) in [6.07, 6.45) is 11.3. The van der Waals surface area contributed by atoms with Crippen molar-refractivity contribution in [3.63, 3.8) is 0 Å². The lowest BCUT2D eigenvalue weighted by Gasteiger charge is -2.31. The molecule has 1 N–H and O–H groups in total. The zero-order chi connectivity index (χ0) is 20.3. The number of aromatic nitrogens is 1. The smallest absolute Gasteiger partial charge is 0.240 e. The molecule has 1 unspecified atom stereocenters. The minimum absolute atomic E-state index is 0.0560. The molecule has 0 spiro atoms. The van der Waals surface area contributed by atoms with E-state index in [4.69, 9.17) is 0 Å². The molecule has 4 rings (SSSR count). The van der Waals surface area contributed by atoms with Crippen LogP contribution >= 0.6 is 0 Å². The molecule has 6 heteroatoms. The number of nitrogens with one attached hydrogen (secondary N) is 1. The van der Waals surface area contributed by atoms with Crippen LogP contribution in [0, 0.1) is 0 Å². The summed E-state index contributed by atoms with van der Waals surface area (Å²) in [6.45, 7) is 2.45. The van der Waals surface area contributed by atoms with Crippen molar-refractivity contribution in [3.05, 3.63) is 53.3 Å². The number of fused-ring (bicyclic) bond motifs is 1. The van der Waals surface area contributed by atoms with Crippen LogP contribution in [-0.4, -0.2) is 37.5 Å². The summed E-state index contributed by atoms with van der Waals surface area (Å²) < 4.78 is 31.2. The van der Waals surface area contributed by atoms with Crippen LogP contribution in [0.25, 0.3) is 0 Å². The molecule has 1 saturated heterocycles. The van der Waals surface area contributed by atoms with Crippen molar-refractivity contribution in [1.29, 1.82) is 0 Å². The minimum Gasteiger partial charge on any atom is -0.353 e. The van der Waals surface area contributed by atoms with Gasteiger partial charge in [-0.05, 0) is 87.0 Å². The van der Waals surface area contributed by atoms with E-state index in [9.17, 15) is 8.42 Å². The third kappa shape index (κ3) is 4.76. The van der Waals surface area contributed by atoms with Gasteiger partial charge in [0.25, 0.3) is 0 Å². The lowest BCUT2D eigenvalue weighted by atomic mass is 9.92. The summed E-state index contributed by atoms with van der Waals surface area (Å²) in [5.41, 5.74) is 3.67. The first-order valence-corrected chi connectivity index (χ1v) is 12.5. The van der Waals surface area contributed by atoms with Crippen LogP contribution in [-0.2, 0) is 29.9 Å². The highest BCUT2D eigenvalue weighted by Crippen LogP contribution is 2.26. The van der Waals surface area contributed by atoms with Gasteiger partial charge in [0.15, 0.2) is 0 Å². The normalized spacial score (nSPS) is 19.5. The molecular weight excluding hydrogens is 382 g/mol. The Bertz CT molecular complexity index is 927. The summed E-state index contributed by atoms with van der Waals surface area (Å²) in [5.74, 6) is 0. The van der Waals surface area contributed by atoms with Gasteiger partial charge in [-0.1, -0.05) is 18.9 Å². The van der Waals surface area contributed by atoms with Gasteiger partial charge in [-0.25, -0.2) is 13.1 Å². The number of nitrogens with zero attached hydrogens (tertiary/aromatic N) is 2. The van der Waals surface area contributed by atoms with Gasteiger partial charge in [-0.3, -0.25) is 4.90 Å². The van der Waals surface area contributed by atoms with Crippen LogP contribution in [0.4, 0.5) is 0 Å². The first-order valence-electron chi connectivity index (χ1n) is 11.0. The molecule has 158 valence electrons. The van der Waals surface area contributed by atoms with Crippen molar-refractivity contribution in [2.75, 3.05) is 19.6 Å². The first-order chi connectivity index (χ1) is 14.0. The number of likely N-dealkylation sites (tertiary alicyclic amines) is 1. The second-order valence-electron chi connectivity index (χ2n) is 8.50. The molecule has 29 heavy (non-hydrogen) atoms. The Labute approximate surface area is 175 Å². The van der Waals surface area contributed by atoms with Crippen LogP contribution < -0.4 is 4.72 Å². The van der Waals surface area contributed by atoms with Crippen LogP contribution in [0.1, 0.15) is 61.4 Å². The van der Waals surface area contributed by atoms with E-state index in [-0.39, 0.29) is 6.04 Å². The highest BCUT2D eigenvalue weighted by molar-refractivity contribution is 7.89. The highest BCUT2D eigenvalue weighted by atomic mass is 32.2. The zero-order valence-electron chi connectivity index (χ0n) is 17.4. The van der Waals surface area contributed by atoms with Crippen molar-refractivity contribution >= 4 is 10.0 Å². The van der Waals surface area contributed by atoms with Crippen LogP contribution in [0.5, 0.6) is 0 Å². The fourth-order valence-electron chi connectivity index (χ4n) is 4.80. The summed E-state index contributed by atoms with van der Waals surface area (Å²) in [6, 6.07) is 9.88.